The topological polar surface area (TPSA) is 40.5 Å². The first-order chi connectivity index (χ1) is 11.4. The van der Waals surface area contributed by atoms with Crippen LogP contribution in [0, 0.1) is 11.3 Å². The summed E-state index contributed by atoms with van der Waals surface area (Å²) in [6, 6.07) is 3.77. The van der Waals surface area contributed by atoms with Crippen molar-refractivity contribution in [2.45, 2.75) is 78.1 Å². The van der Waals surface area contributed by atoms with Crippen LogP contribution < -0.4 is 0 Å². The SMILES string of the molecule is CCCCCc1cc(O)c(C2C=C(C)CCC2C2(C)CC2)c(O)c1. The normalized spacial score (nSPS) is 25.4. The molecule has 3 rings (SSSR count). The molecule has 0 aliphatic heterocycles. The molecule has 0 heterocycles. The van der Waals surface area contributed by atoms with Crippen molar-refractivity contribution in [2.24, 2.45) is 11.3 Å². The Balaban J connectivity index is 1.90. The van der Waals surface area contributed by atoms with Crippen LogP contribution in [0.3, 0.4) is 0 Å². The van der Waals surface area contributed by atoms with Gasteiger partial charge in [-0.3, -0.25) is 0 Å². The Labute approximate surface area is 146 Å². The number of aromatic hydroxyl groups is 2. The van der Waals surface area contributed by atoms with E-state index < -0.39 is 0 Å². The van der Waals surface area contributed by atoms with Gasteiger partial charge in [0.2, 0.25) is 0 Å². The van der Waals surface area contributed by atoms with Crippen LogP contribution in [0.4, 0.5) is 0 Å². The minimum absolute atomic E-state index is 0.149. The lowest BCUT2D eigenvalue weighted by Gasteiger charge is -2.35. The summed E-state index contributed by atoms with van der Waals surface area (Å²) >= 11 is 0. The maximum Gasteiger partial charge on any atom is 0.123 e. The summed E-state index contributed by atoms with van der Waals surface area (Å²) in [5, 5.41) is 21.4. The van der Waals surface area contributed by atoms with Crippen LogP contribution in [0.2, 0.25) is 0 Å². The van der Waals surface area contributed by atoms with E-state index >= 15 is 0 Å². The molecule has 24 heavy (non-hydrogen) atoms. The Morgan fingerprint density at radius 3 is 2.38 bits per heavy atom. The molecule has 1 saturated carbocycles. The third-order valence-electron chi connectivity index (χ3n) is 6.28. The molecule has 0 saturated heterocycles. The zero-order valence-corrected chi connectivity index (χ0v) is 15.4. The van der Waals surface area contributed by atoms with E-state index in [1.165, 1.54) is 37.7 Å². The van der Waals surface area contributed by atoms with E-state index in [2.05, 4.69) is 26.8 Å². The van der Waals surface area contributed by atoms with Gasteiger partial charge in [-0.05, 0) is 74.5 Å². The number of hydrogen-bond acceptors (Lipinski definition) is 2. The molecule has 0 amide bonds. The minimum atomic E-state index is 0.149. The average molecular weight is 328 g/mol. The van der Waals surface area contributed by atoms with Crippen LogP contribution in [0.25, 0.3) is 0 Å². The van der Waals surface area contributed by atoms with Crippen LogP contribution >= 0.6 is 0 Å². The molecule has 2 heteroatoms. The highest BCUT2D eigenvalue weighted by Crippen LogP contribution is 2.60. The summed E-state index contributed by atoms with van der Waals surface area (Å²) in [5.41, 5.74) is 3.58. The molecule has 1 aromatic rings. The zero-order chi connectivity index (χ0) is 17.3. The molecule has 2 aliphatic rings. The molecule has 0 spiro atoms. The van der Waals surface area contributed by atoms with Gasteiger partial charge in [-0.25, -0.2) is 0 Å². The van der Waals surface area contributed by atoms with Gasteiger partial charge in [-0.15, -0.1) is 0 Å². The fraction of sp³-hybridized carbons (Fsp3) is 0.636. The molecule has 2 unspecified atom stereocenters. The molecule has 2 aliphatic carbocycles. The highest BCUT2D eigenvalue weighted by molar-refractivity contribution is 5.51. The Hall–Kier alpha value is -1.44. The molecule has 1 aromatic carbocycles. The molecule has 132 valence electrons. The summed E-state index contributed by atoms with van der Waals surface area (Å²) < 4.78 is 0. The highest BCUT2D eigenvalue weighted by atomic mass is 16.3. The van der Waals surface area contributed by atoms with Crippen molar-refractivity contribution in [3.63, 3.8) is 0 Å². The van der Waals surface area contributed by atoms with E-state index in [4.69, 9.17) is 0 Å². The van der Waals surface area contributed by atoms with Gasteiger partial charge in [0.25, 0.3) is 0 Å². The monoisotopic (exact) mass is 328 g/mol. The lowest BCUT2D eigenvalue weighted by Crippen LogP contribution is -2.23. The van der Waals surface area contributed by atoms with Gasteiger partial charge in [0.05, 0.1) is 0 Å². The number of allylic oxidation sites excluding steroid dienone is 2. The van der Waals surface area contributed by atoms with Crippen molar-refractivity contribution in [1.29, 1.82) is 0 Å². The summed E-state index contributed by atoms with van der Waals surface area (Å²) in [4.78, 5) is 0. The number of unbranched alkanes of at least 4 members (excludes halogenated alkanes) is 2. The highest BCUT2D eigenvalue weighted by Gasteiger charge is 2.49. The van der Waals surface area contributed by atoms with Crippen LogP contribution in [-0.2, 0) is 6.42 Å². The van der Waals surface area contributed by atoms with E-state index in [0.29, 0.717) is 11.3 Å². The maximum absolute atomic E-state index is 10.7. The van der Waals surface area contributed by atoms with Crippen molar-refractivity contribution in [3.8, 4) is 11.5 Å². The summed E-state index contributed by atoms with van der Waals surface area (Å²) in [7, 11) is 0. The van der Waals surface area contributed by atoms with Crippen LogP contribution in [0.1, 0.15) is 82.8 Å². The van der Waals surface area contributed by atoms with Gasteiger partial charge >= 0.3 is 0 Å². The minimum Gasteiger partial charge on any atom is -0.507 e. The first-order valence-corrected chi connectivity index (χ1v) is 9.66. The molecule has 0 aromatic heterocycles. The van der Waals surface area contributed by atoms with Crippen molar-refractivity contribution in [1.82, 2.24) is 0 Å². The first kappa shape index (κ1) is 17.4. The standard InChI is InChI=1S/C22H32O2/c1-4-5-6-7-16-13-19(23)21(20(24)14-16)17-12-15(2)8-9-18(17)22(3)10-11-22/h12-14,17-18,23-24H,4-11H2,1-3H3. The van der Waals surface area contributed by atoms with E-state index in [0.717, 1.165) is 30.4 Å². The second-order valence-corrected chi connectivity index (χ2v) is 8.34. The number of benzene rings is 1. The maximum atomic E-state index is 10.7. The molecule has 2 nitrogen and oxygen atoms in total. The lowest BCUT2D eigenvalue weighted by molar-refractivity contribution is 0.267. The van der Waals surface area contributed by atoms with E-state index in [1.54, 1.807) is 0 Å². The predicted molar refractivity (Wildman–Crippen MR) is 99.6 cm³/mol. The van der Waals surface area contributed by atoms with Crippen molar-refractivity contribution >= 4 is 0 Å². The largest absolute Gasteiger partial charge is 0.507 e. The molecule has 0 radical (unpaired) electrons. The second-order valence-electron chi connectivity index (χ2n) is 8.34. The molecule has 2 N–H and O–H groups in total. The van der Waals surface area contributed by atoms with Crippen molar-refractivity contribution in [3.05, 3.63) is 34.9 Å². The third kappa shape index (κ3) is 3.48. The van der Waals surface area contributed by atoms with Gasteiger partial charge in [-0.2, -0.15) is 0 Å². The van der Waals surface area contributed by atoms with Gasteiger partial charge in [0.15, 0.2) is 0 Å². The molecule has 1 fully saturated rings. The van der Waals surface area contributed by atoms with E-state index in [9.17, 15) is 10.2 Å². The Bertz CT molecular complexity index is 602. The summed E-state index contributed by atoms with van der Waals surface area (Å²) in [6.07, 6.45) is 11.6. The Morgan fingerprint density at radius 1 is 1.12 bits per heavy atom. The van der Waals surface area contributed by atoms with Crippen LogP contribution in [0.5, 0.6) is 11.5 Å². The summed E-state index contributed by atoms with van der Waals surface area (Å²) in [5.74, 6) is 1.25. The quantitative estimate of drug-likeness (QED) is 0.491. The third-order valence-corrected chi connectivity index (χ3v) is 6.28. The number of hydrogen-bond donors (Lipinski definition) is 2. The molecule has 0 bridgehead atoms. The average Bonchev–Trinajstić information content (AvgIpc) is 3.25. The fourth-order valence-corrected chi connectivity index (χ4v) is 4.45. The zero-order valence-electron chi connectivity index (χ0n) is 15.4. The van der Waals surface area contributed by atoms with Crippen LogP contribution in [-0.4, -0.2) is 10.2 Å². The number of aryl methyl sites for hydroxylation is 1. The van der Waals surface area contributed by atoms with E-state index in [-0.39, 0.29) is 17.4 Å². The second kappa shape index (κ2) is 6.82. The van der Waals surface area contributed by atoms with E-state index in [1.807, 2.05) is 12.1 Å². The smallest absolute Gasteiger partial charge is 0.123 e. The lowest BCUT2D eigenvalue weighted by atomic mass is 9.69. The summed E-state index contributed by atoms with van der Waals surface area (Å²) in [6.45, 7) is 6.73. The number of phenolic OH excluding ortho intramolecular Hbond substituents is 2. The Morgan fingerprint density at radius 2 is 1.79 bits per heavy atom. The van der Waals surface area contributed by atoms with Crippen molar-refractivity contribution < 1.29 is 10.2 Å². The predicted octanol–water partition coefficient (Wildman–Crippen LogP) is 6.07. The van der Waals surface area contributed by atoms with Gasteiger partial charge in [-0.1, -0.05) is 38.3 Å². The van der Waals surface area contributed by atoms with Gasteiger partial charge in [0, 0.05) is 11.5 Å². The molecular formula is C22H32O2. The molecular weight excluding hydrogens is 296 g/mol. The number of phenols is 2. The van der Waals surface area contributed by atoms with Gasteiger partial charge in [0.1, 0.15) is 11.5 Å². The molecule has 2 atom stereocenters. The van der Waals surface area contributed by atoms with Crippen molar-refractivity contribution in [2.75, 3.05) is 0 Å². The van der Waals surface area contributed by atoms with Crippen LogP contribution in [0.15, 0.2) is 23.8 Å². The fourth-order valence-electron chi connectivity index (χ4n) is 4.45. The number of rotatable bonds is 6. The Kier molecular flexibility index (Phi) is 4.94. The first-order valence-electron chi connectivity index (χ1n) is 9.66. The van der Waals surface area contributed by atoms with Gasteiger partial charge < -0.3 is 10.2 Å².